The number of phenolic OH excluding ortho intramolecular Hbond substituents is 2. The van der Waals surface area contributed by atoms with Crippen LogP contribution in [0.4, 0.5) is 24.3 Å². The van der Waals surface area contributed by atoms with Gasteiger partial charge in [0, 0.05) is 56.6 Å². The Labute approximate surface area is 384 Å². The largest absolute Gasteiger partial charge is 0.502 e. The monoisotopic (exact) mass is 1050 g/mol. The van der Waals surface area contributed by atoms with Crippen LogP contribution in [-0.4, -0.2) is 88.1 Å². The molecule has 332 valence electrons. The lowest BCUT2D eigenvalue weighted by Gasteiger charge is -2.19. The van der Waals surface area contributed by atoms with Crippen molar-refractivity contribution in [2.24, 2.45) is 0 Å². The van der Waals surface area contributed by atoms with E-state index in [1.165, 1.54) is 63.2 Å². The van der Waals surface area contributed by atoms with Crippen molar-refractivity contribution >= 4 is 107 Å². The molecule has 0 saturated carbocycles. The number of nitrogens with zero attached hydrogens (tertiary/aromatic N) is 6. The first kappa shape index (κ1) is 51.4. The lowest BCUT2D eigenvalue weighted by Crippen LogP contribution is -2.22. The molecule has 2 aromatic heterocycles. The van der Waals surface area contributed by atoms with E-state index in [9.17, 15) is 38.2 Å². The topological polar surface area (TPSA) is 266 Å². The number of aliphatic hydroxyl groups excluding tert-OH is 1. The van der Waals surface area contributed by atoms with Crippen molar-refractivity contribution in [3.05, 3.63) is 94.8 Å². The number of imide groups is 2. The number of nitrogens with two attached hydrogens (primary N) is 1. The van der Waals surface area contributed by atoms with E-state index in [0.29, 0.717) is 24.0 Å². The summed E-state index contributed by atoms with van der Waals surface area (Å²) < 4.78 is 40.6. The maximum Gasteiger partial charge on any atom is 0.293 e. The SMILES string of the molecule is CCC(Oc1cc(/C=C2\SC(=O)N(C)C2=O)c(Br)c(F)c1O)c1cnc(Cl)nc1.CCC(Oc1cc(/C=C2\SC(=O)N(C)C2=O)c(Br)c(F)c1O)c1cnc(N)nc1.CCO.N. The Morgan fingerprint density at radius 1 is 0.758 bits per heavy atom. The zero-order valence-corrected chi connectivity index (χ0v) is 38.9. The van der Waals surface area contributed by atoms with E-state index in [0.717, 1.165) is 33.3 Å². The van der Waals surface area contributed by atoms with Gasteiger partial charge in [-0.3, -0.25) is 29.0 Å². The minimum absolute atomic E-state index is 0. The highest BCUT2D eigenvalue weighted by Gasteiger charge is 2.34. The minimum Gasteiger partial charge on any atom is -0.502 e. The first-order chi connectivity index (χ1) is 28.9. The normalized spacial score (nSPS) is 15.8. The van der Waals surface area contributed by atoms with Crippen molar-refractivity contribution < 1.29 is 52.8 Å². The van der Waals surface area contributed by atoms with Crippen LogP contribution in [0.25, 0.3) is 12.2 Å². The second kappa shape index (κ2) is 23.0. The first-order valence-electron chi connectivity index (χ1n) is 17.7. The van der Waals surface area contributed by atoms with Crippen LogP contribution in [-0.2, 0) is 9.59 Å². The Morgan fingerprint density at radius 3 is 1.40 bits per heavy atom. The number of ether oxygens (including phenoxy) is 2. The number of aliphatic hydroxyl groups is 1. The van der Waals surface area contributed by atoms with Crippen LogP contribution < -0.4 is 21.4 Å². The van der Waals surface area contributed by atoms with Gasteiger partial charge in [0.15, 0.2) is 34.6 Å². The molecule has 2 unspecified atom stereocenters. The van der Waals surface area contributed by atoms with E-state index in [1.54, 1.807) is 6.92 Å². The number of hydrogen-bond donors (Lipinski definition) is 5. The highest BCUT2D eigenvalue weighted by atomic mass is 79.9. The Hall–Kier alpha value is -4.91. The Balaban J connectivity index is 0.000000306. The quantitative estimate of drug-likeness (QED) is 0.0732. The molecule has 8 N–H and O–H groups in total. The molecule has 4 heterocycles. The van der Waals surface area contributed by atoms with Crippen molar-refractivity contribution in [2.45, 2.75) is 45.8 Å². The van der Waals surface area contributed by atoms with Gasteiger partial charge >= 0.3 is 0 Å². The van der Waals surface area contributed by atoms with E-state index in [-0.39, 0.29) is 65.4 Å². The predicted molar refractivity (Wildman–Crippen MR) is 238 cm³/mol. The van der Waals surface area contributed by atoms with Crippen LogP contribution in [0.15, 0.2) is 55.7 Å². The minimum atomic E-state index is -0.952. The average Bonchev–Trinajstić information content (AvgIpc) is 3.63. The number of halogens is 5. The second-order valence-corrected chi connectivity index (χ2v) is 16.3. The van der Waals surface area contributed by atoms with Gasteiger partial charge in [0.2, 0.25) is 11.2 Å². The van der Waals surface area contributed by atoms with Gasteiger partial charge in [0.05, 0.1) is 18.8 Å². The van der Waals surface area contributed by atoms with Crippen molar-refractivity contribution in [1.82, 2.24) is 35.9 Å². The molecule has 62 heavy (non-hydrogen) atoms. The number of phenols is 2. The summed E-state index contributed by atoms with van der Waals surface area (Å²) in [5, 5.41) is 27.2. The molecule has 2 saturated heterocycles. The molecule has 2 aliphatic heterocycles. The highest BCUT2D eigenvalue weighted by molar-refractivity contribution is 9.10. The maximum absolute atomic E-state index is 14.6. The summed E-state index contributed by atoms with van der Waals surface area (Å²) in [5.41, 5.74) is 7.14. The van der Waals surface area contributed by atoms with Gasteiger partial charge in [-0.2, -0.15) is 0 Å². The van der Waals surface area contributed by atoms with Crippen molar-refractivity contribution in [1.29, 1.82) is 0 Å². The lowest BCUT2D eigenvalue weighted by molar-refractivity contribution is -0.122. The number of amides is 4. The fourth-order valence-corrected chi connectivity index (χ4v) is 7.64. The molecular weight excluding hydrogens is 1010 g/mol. The zero-order valence-electron chi connectivity index (χ0n) is 33.4. The molecule has 0 bridgehead atoms. The van der Waals surface area contributed by atoms with Crippen LogP contribution in [0.2, 0.25) is 5.28 Å². The third-order valence-electron chi connectivity index (χ3n) is 8.25. The number of carbonyl (C=O) groups excluding carboxylic acids is 4. The third kappa shape index (κ3) is 12.2. The fourth-order valence-electron chi connectivity index (χ4n) is 5.07. The summed E-state index contributed by atoms with van der Waals surface area (Å²) in [6, 6.07) is 2.76. The lowest BCUT2D eigenvalue weighted by atomic mass is 10.1. The van der Waals surface area contributed by atoms with Gasteiger partial charge in [-0.25, -0.2) is 28.7 Å². The Kier molecular flexibility index (Phi) is 19.1. The van der Waals surface area contributed by atoms with Gasteiger partial charge in [-0.15, -0.1) is 0 Å². The molecule has 6 rings (SSSR count). The van der Waals surface area contributed by atoms with E-state index in [4.69, 9.17) is 31.9 Å². The molecule has 0 aliphatic carbocycles. The number of benzene rings is 2. The highest BCUT2D eigenvalue weighted by Crippen LogP contribution is 2.43. The Bertz CT molecular complexity index is 2220. The number of hydrogen-bond acceptors (Lipinski definition) is 17. The van der Waals surface area contributed by atoms with E-state index in [2.05, 4.69) is 51.8 Å². The second-order valence-electron chi connectivity index (χ2n) is 12.4. The van der Waals surface area contributed by atoms with E-state index < -0.39 is 57.6 Å². The summed E-state index contributed by atoms with van der Waals surface area (Å²) in [7, 11) is 2.72. The van der Waals surface area contributed by atoms with Crippen molar-refractivity contribution in [3.63, 3.8) is 0 Å². The molecule has 4 aromatic rings. The smallest absolute Gasteiger partial charge is 0.293 e. The Morgan fingerprint density at radius 2 is 1.10 bits per heavy atom. The summed E-state index contributed by atoms with van der Waals surface area (Å²) in [6.07, 6.45) is 8.47. The van der Waals surface area contributed by atoms with Gasteiger partial charge in [-0.05, 0) is 122 Å². The molecule has 2 aromatic carbocycles. The molecule has 4 amide bonds. The number of aromatic hydroxyl groups is 2. The van der Waals surface area contributed by atoms with E-state index in [1.807, 2.05) is 13.8 Å². The molecule has 17 nitrogen and oxygen atoms in total. The van der Waals surface area contributed by atoms with Crippen molar-refractivity contribution in [3.8, 4) is 23.0 Å². The standard InChI is InChI=1S/C18H14BrClFN3O4S.C18H16BrFN4O4S.C2H6O.H3N/c1-3-10(9-6-22-17(20)23-7-9)28-11-4-8(13(19)14(21)15(11)25)5-12-16(26)24(2)18(27)29-12;1-3-10(9-6-22-17(21)23-7-9)28-11-4-8(13(19)14(20)15(11)25)5-12-16(26)24(2)18(27)29-12;1-2-3;/h4-7,10,25H,3H2,1-2H3;4-7,10,25H,3H2,1-2H3,(H2,21,22,23);3H,2H2,1H3;1H3/b2*12-5-;;. The van der Waals surface area contributed by atoms with Crippen LogP contribution >= 0.6 is 67.0 Å². The molecule has 2 fully saturated rings. The fraction of sp³-hybridized carbons (Fsp3) is 0.263. The maximum atomic E-state index is 14.6. The van der Waals surface area contributed by atoms with E-state index >= 15 is 0 Å². The number of rotatable bonds is 10. The number of carbonyl (C=O) groups is 4. The molecule has 2 aliphatic rings. The van der Waals surface area contributed by atoms with Gasteiger partial charge in [-0.1, -0.05) is 13.8 Å². The van der Waals surface area contributed by atoms with Gasteiger partial charge < -0.3 is 36.7 Å². The number of thioether (sulfide) groups is 2. The predicted octanol–water partition coefficient (Wildman–Crippen LogP) is 8.96. The molecule has 24 heteroatoms. The van der Waals surface area contributed by atoms with Gasteiger partial charge in [0.25, 0.3) is 22.3 Å². The number of likely N-dealkylation sites (N-methyl/N-ethyl adjacent to an activating group) is 2. The molecule has 0 radical (unpaired) electrons. The molecule has 0 spiro atoms. The number of aromatic nitrogens is 4. The summed E-state index contributed by atoms with van der Waals surface area (Å²) in [5.74, 6) is -4.42. The molecular formula is C38H39Br2ClF2N8O9S2. The van der Waals surface area contributed by atoms with Crippen molar-refractivity contribution in [2.75, 3.05) is 26.4 Å². The average molecular weight is 1050 g/mol. The summed E-state index contributed by atoms with van der Waals surface area (Å²) >= 11 is 13.3. The first-order valence-corrected chi connectivity index (χ1v) is 21.3. The summed E-state index contributed by atoms with van der Waals surface area (Å²) in [4.78, 5) is 65.4. The number of anilines is 1. The molecule has 2 atom stereocenters. The summed E-state index contributed by atoms with van der Waals surface area (Å²) in [6.45, 7) is 5.61. The van der Waals surface area contributed by atoms with Crippen LogP contribution in [0.3, 0.4) is 0 Å². The number of nitrogen functional groups attached to an aromatic ring is 1. The third-order valence-corrected chi connectivity index (χ3v) is 12.0. The van der Waals surface area contributed by atoms with Gasteiger partial charge in [0.1, 0.15) is 12.2 Å². The van der Waals surface area contributed by atoms with Crippen LogP contribution in [0, 0.1) is 11.6 Å². The van der Waals surface area contributed by atoms with Crippen LogP contribution in [0.5, 0.6) is 23.0 Å². The van der Waals surface area contributed by atoms with Crippen LogP contribution in [0.1, 0.15) is 68.1 Å². The zero-order chi connectivity index (χ0) is 45.3.